The molecule has 1 unspecified atom stereocenters. The maximum Gasteiger partial charge on any atom is 0.122 e. The molecule has 0 saturated carbocycles. The van der Waals surface area contributed by atoms with Gasteiger partial charge in [0.1, 0.15) is 5.75 Å². The lowest BCUT2D eigenvalue weighted by Gasteiger charge is -2.19. The Bertz CT molecular complexity index is 657. The summed E-state index contributed by atoms with van der Waals surface area (Å²) in [6.45, 7) is 0.827. The summed E-state index contributed by atoms with van der Waals surface area (Å²) in [6, 6.07) is 12.2. The first kappa shape index (κ1) is 15.2. The van der Waals surface area contributed by atoms with Crippen molar-refractivity contribution in [2.75, 3.05) is 6.61 Å². The maximum absolute atomic E-state index is 6.07. The zero-order chi connectivity index (χ0) is 14.8. The number of benzene rings is 2. The van der Waals surface area contributed by atoms with Crippen LogP contribution in [0.15, 0.2) is 36.4 Å². The Hall–Kier alpha value is -0.700. The van der Waals surface area contributed by atoms with E-state index in [1.807, 2.05) is 18.2 Å². The van der Waals surface area contributed by atoms with Crippen LogP contribution in [-0.2, 0) is 12.8 Å². The minimum Gasteiger partial charge on any atom is -0.493 e. The summed E-state index contributed by atoms with van der Waals surface area (Å²) in [5.74, 6) is 1.03. The van der Waals surface area contributed by atoms with Crippen molar-refractivity contribution in [1.82, 2.24) is 0 Å². The van der Waals surface area contributed by atoms with Gasteiger partial charge >= 0.3 is 0 Å². The SMILES string of the molecule is Clc1ccc(CC(Br)c2ccc3c(c2)CCCO3)cc1Cl. The van der Waals surface area contributed by atoms with Gasteiger partial charge in [0.2, 0.25) is 0 Å². The molecule has 0 radical (unpaired) electrons. The van der Waals surface area contributed by atoms with Crippen molar-refractivity contribution in [2.45, 2.75) is 24.1 Å². The molecule has 0 fully saturated rings. The van der Waals surface area contributed by atoms with Crippen molar-refractivity contribution >= 4 is 39.1 Å². The molecule has 1 aliphatic rings. The molecule has 0 amide bonds. The van der Waals surface area contributed by atoms with Gasteiger partial charge in [0.25, 0.3) is 0 Å². The van der Waals surface area contributed by atoms with Crippen LogP contribution in [-0.4, -0.2) is 6.61 Å². The summed E-state index contributed by atoms with van der Waals surface area (Å²) < 4.78 is 5.66. The second kappa shape index (κ2) is 6.60. The van der Waals surface area contributed by atoms with Crippen molar-refractivity contribution in [1.29, 1.82) is 0 Å². The minimum absolute atomic E-state index is 0.252. The molecule has 0 spiro atoms. The Morgan fingerprint density at radius 2 is 1.95 bits per heavy atom. The zero-order valence-electron chi connectivity index (χ0n) is 11.4. The van der Waals surface area contributed by atoms with Gasteiger partial charge in [0.15, 0.2) is 0 Å². The van der Waals surface area contributed by atoms with E-state index >= 15 is 0 Å². The highest BCUT2D eigenvalue weighted by Crippen LogP contribution is 2.33. The van der Waals surface area contributed by atoms with Gasteiger partial charge in [-0.15, -0.1) is 0 Å². The molecule has 0 saturated heterocycles. The first-order valence-corrected chi connectivity index (χ1v) is 8.64. The molecule has 110 valence electrons. The van der Waals surface area contributed by atoms with Gasteiger partial charge in [-0.2, -0.15) is 0 Å². The van der Waals surface area contributed by atoms with E-state index in [2.05, 4.69) is 34.1 Å². The van der Waals surface area contributed by atoms with Gasteiger partial charge < -0.3 is 4.74 Å². The lowest BCUT2D eigenvalue weighted by Crippen LogP contribution is -2.09. The van der Waals surface area contributed by atoms with Crippen LogP contribution >= 0.6 is 39.1 Å². The van der Waals surface area contributed by atoms with Gasteiger partial charge in [-0.25, -0.2) is 0 Å². The topological polar surface area (TPSA) is 9.23 Å². The van der Waals surface area contributed by atoms with E-state index in [1.54, 1.807) is 0 Å². The lowest BCUT2D eigenvalue weighted by molar-refractivity contribution is 0.288. The van der Waals surface area contributed by atoms with Gasteiger partial charge in [0.05, 0.1) is 16.7 Å². The summed E-state index contributed by atoms with van der Waals surface area (Å²) in [6.07, 6.45) is 3.06. The van der Waals surface area contributed by atoms with E-state index in [4.69, 9.17) is 27.9 Å². The molecule has 0 bridgehead atoms. The first-order chi connectivity index (χ1) is 10.1. The standard InChI is InChI=1S/C17H15BrCl2O/c18-14(8-11-3-5-15(19)16(20)9-11)12-4-6-17-13(10-12)2-1-7-21-17/h3-6,9-10,14H,1-2,7-8H2. The third-order valence-electron chi connectivity index (χ3n) is 3.69. The third-order valence-corrected chi connectivity index (χ3v) is 5.28. The zero-order valence-corrected chi connectivity index (χ0v) is 14.5. The number of rotatable bonds is 3. The third kappa shape index (κ3) is 3.56. The van der Waals surface area contributed by atoms with E-state index in [0.29, 0.717) is 10.0 Å². The Kier molecular flexibility index (Phi) is 4.78. The normalized spacial score (nSPS) is 15.2. The fourth-order valence-electron chi connectivity index (χ4n) is 2.57. The van der Waals surface area contributed by atoms with Crippen LogP contribution in [0.3, 0.4) is 0 Å². The van der Waals surface area contributed by atoms with Gasteiger partial charge in [-0.05, 0) is 54.2 Å². The van der Waals surface area contributed by atoms with Crippen LogP contribution in [0.25, 0.3) is 0 Å². The van der Waals surface area contributed by atoms with Crippen LogP contribution in [0, 0.1) is 0 Å². The molecule has 0 N–H and O–H groups in total. The predicted molar refractivity (Wildman–Crippen MR) is 92.1 cm³/mol. The Labute approximate surface area is 143 Å². The van der Waals surface area contributed by atoms with Crippen LogP contribution in [0.4, 0.5) is 0 Å². The monoisotopic (exact) mass is 384 g/mol. The highest BCUT2D eigenvalue weighted by Gasteiger charge is 2.15. The molecule has 2 aromatic rings. The number of halogens is 3. The molecule has 1 aliphatic heterocycles. The molecule has 21 heavy (non-hydrogen) atoms. The van der Waals surface area contributed by atoms with Crippen LogP contribution < -0.4 is 4.74 Å². The first-order valence-electron chi connectivity index (χ1n) is 6.97. The molecule has 1 nitrogen and oxygen atoms in total. The largest absolute Gasteiger partial charge is 0.493 e. The molecular weight excluding hydrogens is 371 g/mol. The summed E-state index contributed by atoms with van der Waals surface area (Å²) in [5.41, 5.74) is 3.74. The number of alkyl halides is 1. The molecule has 1 heterocycles. The molecule has 1 atom stereocenters. The predicted octanol–water partition coefficient (Wildman–Crippen LogP) is 6.00. The van der Waals surface area contributed by atoms with Gasteiger partial charge in [-0.1, -0.05) is 57.3 Å². The average molecular weight is 386 g/mol. The Morgan fingerprint density at radius 1 is 1.10 bits per heavy atom. The number of aryl methyl sites for hydroxylation is 1. The van der Waals surface area contributed by atoms with E-state index in [9.17, 15) is 0 Å². The second-order valence-electron chi connectivity index (χ2n) is 5.24. The molecular formula is C17H15BrCl2O. The van der Waals surface area contributed by atoms with E-state index in [1.165, 1.54) is 16.7 Å². The number of ether oxygens (including phenoxy) is 1. The number of fused-ring (bicyclic) bond motifs is 1. The lowest BCUT2D eigenvalue weighted by atomic mass is 9.99. The van der Waals surface area contributed by atoms with Crippen molar-refractivity contribution < 1.29 is 4.74 Å². The highest BCUT2D eigenvalue weighted by molar-refractivity contribution is 9.09. The maximum atomic E-state index is 6.07. The second-order valence-corrected chi connectivity index (χ2v) is 7.16. The smallest absolute Gasteiger partial charge is 0.122 e. The van der Waals surface area contributed by atoms with Crippen molar-refractivity contribution in [3.63, 3.8) is 0 Å². The summed E-state index contributed by atoms with van der Waals surface area (Å²) in [5, 5.41) is 1.20. The molecule has 0 aliphatic carbocycles. The van der Waals surface area contributed by atoms with Crippen molar-refractivity contribution in [3.8, 4) is 5.75 Å². The van der Waals surface area contributed by atoms with Crippen LogP contribution in [0.2, 0.25) is 10.0 Å². The molecule has 4 heteroatoms. The number of hydrogen-bond acceptors (Lipinski definition) is 1. The van der Waals surface area contributed by atoms with Gasteiger partial charge in [-0.3, -0.25) is 0 Å². The highest BCUT2D eigenvalue weighted by atomic mass is 79.9. The van der Waals surface area contributed by atoms with Crippen LogP contribution in [0.1, 0.15) is 27.9 Å². The van der Waals surface area contributed by atoms with Crippen LogP contribution in [0.5, 0.6) is 5.75 Å². The fraction of sp³-hybridized carbons (Fsp3) is 0.294. The quantitative estimate of drug-likeness (QED) is 0.589. The van der Waals surface area contributed by atoms with Crippen molar-refractivity contribution in [3.05, 3.63) is 63.1 Å². The van der Waals surface area contributed by atoms with Gasteiger partial charge in [0, 0.05) is 4.83 Å². The summed E-state index contributed by atoms with van der Waals surface area (Å²) in [4.78, 5) is 0.252. The average Bonchev–Trinajstić information content (AvgIpc) is 2.50. The van der Waals surface area contributed by atoms with E-state index in [-0.39, 0.29) is 4.83 Å². The Morgan fingerprint density at radius 3 is 2.76 bits per heavy atom. The minimum atomic E-state index is 0.252. The summed E-state index contributed by atoms with van der Waals surface area (Å²) in [7, 11) is 0. The van der Waals surface area contributed by atoms with E-state index in [0.717, 1.165) is 31.6 Å². The summed E-state index contributed by atoms with van der Waals surface area (Å²) >= 11 is 15.8. The molecule has 3 rings (SSSR count). The number of hydrogen-bond donors (Lipinski definition) is 0. The fourth-order valence-corrected chi connectivity index (χ4v) is 3.55. The molecule has 0 aromatic heterocycles. The Balaban J connectivity index is 1.78. The van der Waals surface area contributed by atoms with Crippen molar-refractivity contribution in [2.24, 2.45) is 0 Å². The molecule has 2 aromatic carbocycles. The van der Waals surface area contributed by atoms with E-state index < -0.39 is 0 Å².